The quantitative estimate of drug-likeness (QED) is 0.587. The maximum absolute atomic E-state index is 2.21. The number of allylic oxidation sites excluding steroid dienone is 4. The van der Waals surface area contributed by atoms with Crippen molar-refractivity contribution in [3.63, 3.8) is 0 Å². The Morgan fingerprint density at radius 2 is 1.56 bits per heavy atom. The van der Waals surface area contributed by atoms with Crippen molar-refractivity contribution in [1.82, 2.24) is 0 Å². The predicted octanol–water partition coefficient (Wildman–Crippen LogP) is 5.47. The van der Waals surface area contributed by atoms with E-state index in [-0.39, 0.29) is 0 Å². The predicted molar refractivity (Wildman–Crippen MR) is 75.5 cm³/mol. The molecule has 0 spiro atoms. The molecule has 0 N–H and O–H groups in total. The summed E-state index contributed by atoms with van der Waals surface area (Å²) in [7, 11) is 0. The van der Waals surface area contributed by atoms with Crippen molar-refractivity contribution in [1.29, 1.82) is 0 Å². The second-order valence-corrected chi connectivity index (χ2v) is 3.66. The minimum atomic E-state index is 1.08. The van der Waals surface area contributed by atoms with Gasteiger partial charge in [-0.05, 0) is 31.4 Å². The molecule has 0 fully saturated rings. The second kappa shape index (κ2) is 8.96. The lowest BCUT2D eigenvalue weighted by Crippen LogP contribution is -1.81. The Labute approximate surface area is 101 Å². The highest BCUT2D eigenvalue weighted by Gasteiger charge is 1.95. The van der Waals surface area contributed by atoms with Gasteiger partial charge in [-0.3, -0.25) is 0 Å². The van der Waals surface area contributed by atoms with Gasteiger partial charge >= 0.3 is 0 Å². The molecular weight excluding hydrogens is 192 g/mol. The number of benzene rings is 1. The van der Waals surface area contributed by atoms with Gasteiger partial charge in [0.05, 0.1) is 0 Å². The molecule has 0 amide bonds. The van der Waals surface area contributed by atoms with E-state index < -0.39 is 0 Å². The average molecular weight is 216 g/mol. The van der Waals surface area contributed by atoms with E-state index in [0.717, 1.165) is 6.42 Å². The van der Waals surface area contributed by atoms with Crippen molar-refractivity contribution in [3.8, 4) is 0 Å². The van der Waals surface area contributed by atoms with Crippen LogP contribution in [0.1, 0.15) is 46.6 Å². The SMILES string of the molecule is CC.CC/C(=C\C=C(C)C)c1ccccc1. The van der Waals surface area contributed by atoms with E-state index in [1.807, 2.05) is 13.8 Å². The summed E-state index contributed by atoms with van der Waals surface area (Å²) in [6.07, 6.45) is 5.46. The van der Waals surface area contributed by atoms with E-state index >= 15 is 0 Å². The first-order valence-electron chi connectivity index (χ1n) is 6.13. The van der Waals surface area contributed by atoms with Crippen LogP contribution in [0.2, 0.25) is 0 Å². The first-order valence-corrected chi connectivity index (χ1v) is 6.13. The highest BCUT2D eigenvalue weighted by atomic mass is 14.0. The molecule has 0 heterocycles. The van der Waals surface area contributed by atoms with Gasteiger partial charge in [-0.2, -0.15) is 0 Å². The van der Waals surface area contributed by atoms with Crippen LogP contribution >= 0.6 is 0 Å². The molecule has 0 aromatic heterocycles. The Hall–Kier alpha value is -1.30. The molecule has 0 aliphatic rings. The molecular formula is C16H24. The molecule has 0 aliphatic heterocycles. The molecule has 0 saturated carbocycles. The molecule has 0 nitrogen and oxygen atoms in total. The van der Waals surface area contributed by atoms with Crippen LogP contribution in [0.25, 0.3) is 5.57 Å². The molecule has 0 saturated heterocycles. The highest BCUT2D eigenvalue weighted by Crippen LogP contribution is 2.17. The first kappa shape index (κ1) is 14.7. The monoisotopic (exact) mass is 216 g/mol. The van der Waals surface area contributed by atoms with Crippen molar-refractivity contribution in [2.45, 2.75) is 41.0 Å². The summed E-state index contributed by atoms with van der Waals surface area (Å²) in [5.41, 5.74) is 4.06. The van der Waals surface area contributed by atoms with Crippen molar-refractivity contribution in [2.75, 3.05) is 0 Å². The van der Waals surface area contributed by atoms with E-state index in [1.165, 1.54) is 16.7 Å². The van der Waals surface area contributed by atoms with Gasteiger partial charge in [0.2, 0.25) is 0 Å². The third kappa shape index (κ3) is 5.55. The molecule has 16 heavy (non-hydrogen) atoms. The second-order valence-electron chi connectivity index (χ2n) is 3.66. The van der Waals surface area contributed by atoms with Crippen molar-refractivity contribution >= 4 is 5.57 Å². The Kier molecular flexibility index (Phi) is 8.24. The third-order valence-corrected chi connectivity index (χ3v) is 2.14. The third-order valence-electron chi connectivity index (χ3n) is 2.14. The zero-order valence-electron chi connectivity index (χ0n) is 11.2. The summed E-state index contributed by atoms with van der Waals surface area (Å²) in [6, 6.07) is 10.5. The van der Waals surface area contributed by atoms with E-state index in [2.05, 4.69) is 63.3 Å². The Bertz CT molecular complexity index is 324. The average Bonchev–Trinajstić information content (AvgIpc) is 2.33. The Morgan fingerprint density at radius 1 is 1.00 bits per heavy atom. The topological polar surface area (TPSA) is 0 Å². The van der Waals surface area contributed by atoms with Crippen LogP contribution in [0, 0.1) is 0 Å². The Morgan fingerprint density at radius 3 is 2.00 bits per heavy atom. The van der Waals surface area contributed by atoms with Crippen LogP contribution in [0.4, 0.5) is 0 Å². The van der Waals surface area contributed by atoms with Gasteiger partial charge in [0.1, 0.15) is 0 Å². The van der Waals surface area contributed by atoms with Gasteiger partial charge in [0.25, 0.3) is 0 Å². The van der Waals surface area contributed by atoms with Gasteiger partial charge in [-0.15, -0.1) is 0 Å². The smallest absolute Gasteiger partial charge is 0.0225 e. The molecule has 1 rings (SSSR count). The highest BCUT2D eigenvalue weighted by molar-refractivity contribution is 5.66. The molecule has 0 unspecified atom stereocenters. The van der Waals surface area contributed by atoms with Gasteiger partial charge in [-0.1, -0.05) is 68.8 Å². The summed E-state index contributed by atoms with van der Waals surface area (Å²) in [4.78, 5) is 0. The maximum atomic E-state index is 2.21. The zero-order chi connectivity index (χ0) is 12.4. The van der Waals surface area contributed by atoms with E-state index in [9.17, 15) is 0 Å². The summed E-state index contributed by atoms with van der Waals surface area (Å²) < 4.78 is 0. The van der Waals surface area contributed by atoms with Gasteiger partial charge in [0, 0.05) is 0 Å². The summed E-state index contributed by atoms with van der Waals surface area (Å²) in [6.45, 7) is 10.4. The van der Waals surface area contributed by atoms with Crippen molar-refractivity contribution in [3.05, 3.63) is 53.6 Å². The molecule has 1 aromatic carbocycles. The van der Waals surface area contributed by atoms with Gasteiger partial charge in [-0.25, -0.2) is 0 Å². The van der Waals surface area contributed by atoms with E-state index in [0.29, 0.717) is 0 Å². The lowest BCUT2D eigenvalue weighted by Gasteiger charge is -2.03. The van der Waals surface area contributed by atoms with Crippen LogP contribution in [-0.4, -0.2) is 0 Å². The number of rotatable bonds is 3. The largest absolute Gasteiger partial charge is 0.0764 e. The van der Waals surface area contributed by atoms with Crippen LogP contribution in [0.3, 0.4) is 0 Å². The summed E-state index contributed by atoms with van der Waals surface area (Å²) in [5, 5.41) is 0. The maximum Gasteiger partial charge on any atom is -0.0225 e. The van der Waals surface area contributed by atoms with E-state index in [1.54, 1.807) is 0 Å². The van der Waals surface area contributed by atoms with E-state index in [4.69, 9.17) is 0 Å². The summed E-state index contributed by atoms with van der Waals surface area (Å²) in [5.74, 6) is 0. The standard InChI is InChI=1S/C14H18.C2H6/c1-4-13(11-10-12(2)3)14-8-6-5-7-9-14;1-2/h5-11H,4H2,1-3H3;1-2H3/b13-11+;. The first-order chi connectivity index (χ1) is 7.74. The fourth-order valence-electron chi connectivity index (χ4n) is 1.34. The summed E-state index contributed by atoms with van der Waals surface area (Å²) >= 11 is 0. The molecule has 0 radical (unpaired) electrons. The fourth-order valence-corrected chi connectivity index (χ4v) is 1.34. The van der Waals surface area contributed by atoms with Crippen LogP contribution < -0.4 is 0 Å². The molecule has 1 aromatic rings. The lowest BCUT2D eigenvalue weighted by atomic mass is 10.0. The zero-order valence-corrected chi connectivity index (χ0v) is 11.2. The normalized spacial score (nSPS) is 10.2. The Balaban J connectivity index is 0.00000106. The lowest BCUT2D eigenvalue weighted by molar-refractivity contribution is 1.24. The molecule has 0 heteroatoms. The fraction of sp³-hybridized carbons (Fsp3) is 0.375. The molecule has 0 bridgehead atoms. The minimum Gasteiger partial charge on any atom is -0.0764 e. The van der Waals surface area contributed by atoms with Gasteiger partial charge < -0.3 is 0 Å². The van der Waals surface area contributed by atoms with Gasteiger partial charge in [0.15, 0.2) is 0 Å². The molecule has 88 valence electrons. The molecule has 0 atom stereocenters. The van der Waals surface area contributed by atoms with Crippen molar-refractivity contribution in [2.24, 2.45) is 0 Å². The number of hydrogen-bond acceptors (Lipinski definition) is 0. The van der Waals surface area contributed by atoms with Crippen LogP contribution in [0.5, 0.6) is 0 Å². The van der Waals surface area contributed by atoms with Crippen molar-refractivity contribution < 1.29 is 0 Å². The minimum absolute atomic E-state index is 1.08. The van der Waals surface area contributed by atoms with Crippen LogP contribution in [0.15, 0.2) is 48.1 Å². The molecule has 0 aliphatic carbocycles. The van der Waals surface area contributed by atoms with Crippen LogP contribution in [-0.2, 0) is 0 Å². The number of hydrogen-bond donors (Lipinski definition) is 0.